The van der Waals surface area contributed by atoms with Crippen LogP contribution in [0.1, 0.15) is 15.9 Å². The zero-order valence-electron chi connectivity index (χ0n) is 12.1. The topological polar surface area (TPSA) is 83.8 Å². The quantitative estimate of drug-likeness (QED) is 0.930. The number of nitrogens with zero attached hydrogens (tertiary/aromatic N) is 1. The summed E-state index contributed by atoms with van der Waals surface area (Å²) in [5.41, 5.74) is 1.07. The molecule has 0 aromatic heterocycles. The number of carbonyl (C=O) groups is 1. The van der Waals surface area contributed by atoms with Gasteiger partial charge in [-0.1, -0.05) is 34.5 Å². The SMILES string of the molecule is Cc1ccc(S(=O)(=O)N=[S@@](C)c2cccc(C(=O)O)c2)cc1. The number of aromatic carboxylic acids is 1. The van der Waals surface area contributed by atoms with Crippen LogP contribution in [0.4, 0.5) is 0 Å². The first-order chi connectivity index (χ1) is 10.3. The number of hydrogen-bond acceptors (Lipinski definition) is 3. The number of carboxylic acid groups (broad SMARTS) is 1. The van der Waals surface area contributed by atoms with Gasteiger partial charge in [-0.3, -0.25) is 0 Å². The van der Waals surface area contributed by atoms with Crippen LogP contribution >= 0.6 is 0 Å². The number of sulfonamides is 1. The van der Waals surface area contributed by atoms with Gasteiger partial charge in [-0.25, -0.2) is 4.79 Å². The zero-order chi connectivity index (χ0) is 16.3. The second kappa shape index (κ2) is 6.41. The molecule has 0 unspecified atom stereocenters. The summed E-state index contributed by atoms with van der Waals surface area (Å²) < 4.78 is 28.4. The van der Waals surface area contributed by atoms with Crippen LogP contribution in [0.25, 0.3) is 0 Å². The van der Waals surface area contributed by atoms with Crippen LogP contribution < -0.4 is 0 Å². The molecule has 0 aliphatic heterocycles. The molecule has 2 aromatic rings. The fourth-order valence-corrected chi connectivity index (χ4v) is 4.68. The molecule has 0 saturated heterocycles. The number of benzene rings is 2. The van der Waals surface area contributed by atoms with Crippen molar-refractivity contribution in [1.29, 1.82) is 0 Å². The minimum atomic E-state index is -3.77. The molecule has 0 amide bonds. The Hall–Kier alpha value is -1.99. The van der Waals surface area contributed by atoms with Crippen molar-refractivity contribution < 1.29 is 18.3 Å². The minimum Gasteiger partial charge on any atom is -0.478 e. The largest absolute Gasteiger partial charge is 0.478 e. The number of carboxylic acids is 1. The molecular formula is C15H15NO4S2. The van der Waals surface area contributed by atoms with E-state index < -0.39 is 26.7 Å². The fraction of sp³-hybridized carbons (Fsp3) is 0.133. The predicted molar refractivity (Wildman–Crippen MR) is 85.7 cm³/mol. The van der Waals surface area contributed by atoms with Gasteiger partial charge in [0, 0.05) is 4.90 Å². The maximum Gasteiger partial charge on any atom is 0.335 e. The van der Waals surface area contributed by atoms with Gasteiger partial charge in [-0.2, -0.15) is 8.42 Å². The molecule has 5 nitrogen and oxygen atoms in total. The summed E-state index contributed by atoms with van der Waals surface area (Å²) in [7, 11) is -4.73. The minimum absolute atomic E-state index is 0.111. The third-order valence-corrected chi connectivity index (χ3v) is 6.43. The molecule has 7 heteroatoms. The Balaban J connectivity index is 2.41. The van der Waals surface area contributed by atoms with Crippen LogP contribution in [0.2, 0.25) is 0 Å². The van der Waals surface area contributed by atoms with E-state index in [2.05, 4.69) is 3.77 Å². The molecule has 0 bridgehead atoms. The molecule has 0 heterocycles. The highest BCUT2D eigenvalue weighted by atomic mass is 32.3. The summed E-state index contributed by atoms with van der Waals surface area (Å²) in [6, 6.07) is 12.6. The van der Waals surface area contributed by atoms with Gasteiger partial charge in [-0.05, 0) is 43.5 Å². The maximum absolute atomic E-state index is 12.3. The highest BCUT2D eigenvalue weighted by Crippen LogP contribution is 2.17. The Kier molecular flexibility index (Phi) is 4.77. The number of aryl methyl sites for hydroxylation is 1. The van der Waals surface area contributed by atoms with Crippen molar-refractivity contribution in [3.8, 4) is 0 Å². The van der Waals surface area contributed by atoms with E-state index in [0.717, 1.165) is 5.56 Å². The van der Waals surface area contributed by atoms with E-state index >= 15 is 0 Å². The molecule has 0 aliphatic rings. The van der Waals surface area contributed by atoms with Crippen molar-refractivity contribution in [2.45, 2.75) is 16.7 Å². The van der Waals surface area contributed by atoms with Crippen LogP contribution in [0.3, 0.4) is 0 Å². The smallest absolute Gasteiger partial charge is 0.335 e. The van der Waals surface area contributed by atoms with E-state index in [0.29, 0.717) is 4.90 Å². The van der Waals surface area contributed by atoms with E-state index in [4.69, 9.17) is 5.11 Å². The first kappa shape index (κ1) is 16.4. The Morgan fingerprint density at radius 2 is 1.77 bits per heavy atom. The van der Waals surface area contributed by atoms with Crippen LogP contribution in [-0.4, -0.2) is 25.7 Å². The van der Waals surface area contributed by atoms with Crippen molar-refractivity contribution in [2.24, 2.45) is 3.77 Å². The summed E-state index contributed by atoms with van der Waals surface area (Å²) >= 11 is 0. The second-order valence-electron chi connectivity index (χ2n) is 4.67. The molecule has 2 rings (SSSR count). The Morgan fingerprint density at radius 1 is 1.14 bits per heavy atom. The summed E-state index contributed by atoms with van der Waals surface area (Å²) in [5.74, 6) is -1.06. The van der Waals surface area contributed by atoms with E-state index in [1.807, 2.05) is 6.92 Å². The molecule has 1 N–H and O–H groups in total. The number of hydrogen-bond donors (Lipinski definition) is 1. The average Bonchev–Trinajstić information content (AvgIpc) is 2.47. The molecule has 22 heavy (non-hydrogen) atoms. The normalized spacial score (nSPS) is 13.0. The summed E-state index contributed by atoms with van der Waals surface area (Å²) in [4.78, 5) is 11.7. The lowest BCUT2D eigenvalue weighted by molar-refractivity contribution is 0.0696. The van der Waals surface area contributed by atoms with Gasteiger partial charge in [0.15, 0.2) is 0 Å². The highest BCUT2D eigenvalue weighted by Gasteiger charge is 2.13. The van der Waals surface area contributed by atoms with Crippen LogP contribution in [0.15, 0.2) is 62.1 Å². The van der Waals surface area contributed by atoms with Crippen molar-refractivity contribution >= 4 is 26.7 Å². The monoisotopic (exact) mass is 337 g/mol. The summed E-state index contributed by atoms with van der Waals surface area (Å²) in [6.07, 6.45) is 1.65. The lowest BCUT2D eigenvalue weighted by Crippen LogP contribution is -2.02. The highest BCUT2D eigenvalue weighted by molar-refractivity contribution is 7.99. The van der Waals surface area contributed by atoms with Crippen molar-refractivity contribution in [2.75, 3.05) is 6.26 Å². The molecule has 0 saturated carbocycles. The third kappa shape index (κ3) is 3.80. The molecular weight excluding hydrogens is 322 g/mol. The molecule has 116 valence electrons. The van der Waals surface area contributed by atoms with Crippen molar-refractivity contribution in [3.05, 3.63) is 59.7 Å². The van der Waals surface area contributed by atoms with Crippen LogP contribution in [0.5, 0.6) is 0 Å². The van der Waals surface area contributed by atoms with Crippen LogP contribution in [-0.2, 0) is 20.7 Å². The van der Waals surface area contributed by atoms with Crippen molar-refractivity contribution in [3.63, 3.8) is 0 Å². The van der Waals surface area contributed by atoms with Gasteiger partial charge in [-0.15, -0.1) is 3.77 Å². The molecule has 0 spiro atoms. The molecule has 0 radical (unpaired) electrons. The van der Waals surface area contributed by atoms with Gasteiger partial charge < -0.3 is 5.11 Å². The molecule has 0 fully saturated rings. The third-order valence-electron chi connectivity index (χ3n) is 2.95. The maximum atomic E-state index is 12.3. The zero-order valence-corrected chi connectivity index (χ0v) is 13.7. The van der Waals surface area contributed by atoms with Gasteiger partial charge in [0.1, 0.15) is 0 Å². The van der Waals surface area contributed by atoms with E-state index in [9.17, 15) is 13.2 Å². The Labute approximate surface area is 131 Å². The van der Waals surface area contributed by atoms with Gasteiger partial charge >= 0.3 is 5.97 Å². The van der Waals surface area contributed by atoms with E-state index in [1.54, 1.807) is 30.5 Å². The molecule has 1 atom stereocenters. The molecule has 0 aliphatic carbocycles. The van der Waals surface area contributed by atoms with Gasteiger partial charge in [0.25, 0.3) is 10.0 Å². The predicted octanol–water partition coefficient (Wildman–Crippen LogP) is 2.87. The standard InChI is InChI=1S/C15H15NO4S2/c1-11-6-8-14(9-7-11)22(19,20)16-21(2)13-5-3-4-12(10-13)15(17)18/h3-10H,1-2H3,(H,17,18)/t21-/m0/s1. The lowest BCUT2D eigenvalue weighted by atomic mass is 10.2. The van der Waals surface area contributed by atoms with E-state index in [1.165, 1.54) is 24.3 Å². The Morgan fingerprint density at radius 3 is 2.36 bits per heavy atom. The van der Waals surface area contributed by atoms with Crippen LogP contribution in [0, 0.1) is 6.92 Å². The summed E-state index contributed by atoms with van der Waals surface area (Å²) in [6.45, 7) is 1.87. The first-order valence-corrected chi connectivity index (χ1v) is 9.37. The van der Waals surface area contributed by atoms with Crippen molar-refractivity contribution in [1.82, 2.24) is 0 Å². The number of rotatable bonds is 4. The lowest BCUT2D eigenvalue weighted by Gasteiger charge is -2.05. The second-order valence-corrected chi connectivity index (χ2v) is 8.12. The average molecular weight is 337 g/mol. The summed E-state index contributed by atoms with van der Waals surface area (Å²) in [5, 5.41) is 8.98. The van der Waals surface area contributed by atoms with Gasteiger partial charge in [0.05, 0.1) is 10.5 Å². The molecule has 2 aromatic carbocycles. The van der Waals surface area contributed by atoms with E-state index in [-0.39, 0.29) is 10.5 Å². The first-order valence-electron chi connectivity index (χ1n) is 6.34. The van der Waals surface area contributed by atoms with Gasteiger partial charge in [0.2, 0.25) is 0 Å². The fourth-order valence-electron chi connectivity index (χ4n) is 1.76. The Bertz CT molecular complexity index is 840.